The van der Waals surface area contributed by atoms with Gasteiger partial charge in [0.1, 0.15) is 11.6 Å². The van der Waals surface area contributed by atoms with Crippen LogP contribution in [0.15, 0.2) is 35.5 Å². The van der Waals surface area contributed by atoms with Crippen molar-refractivity contribution in [3.05, 3.63) is 58.0 Å². The van der Waals surface area contributed by atoms with Crippen LogP contribution in [0.25, 0.3) is 5.82 Å². The number of aryl methyl sites for hydroxylation is 1. The Kier molecular flexibility index (Phi) is 6.08. The summed E-state index contributed by atoms with van der Waals surface area (Å²) in [6, 6.07) is 2.12. The van der Waals surface area contributed by atoms with Gasteiger partial charge in [-0.25, -0.2) is 14.3 Å². The van der Waals surface area contributed by atoms with Crippen molar-refractivity contribution in [1.82, 2.24) is 23.9 Å². The van der Waals surface area contributed by atoms with E-state index >= 15 is 0 Å². The number of halogens is 3. The van der Waals surface area contributed by atoms with Gasteiger partial charge < -0.3 is 9.64 Å². The first-order valence-corrected chi connectivity index (χ1v) is 10.8. The van der Waals surface area contributed by atoms with Crippen LogP contribution in [-0.2, 0) is 17.5 Å². The van der Waals surface area contributed by atoms with Crippen LogP contribution in [0.1, 0.15) is 43.6 Å². The molecule has 8 nitrogen and oxygen atoms in total. The Morgan fingerprint density at radius 1 is 1.21 bits per heavy atom. The lowest BCUT2D eigenvalue weighted by Crippen LogP contribution is -2.41. The molecule has 0 spiro atoms. The average molecular weight is 464 g/mol. The van der Waals surface area contributed by atoms with E-state index in [4.69, 9.17) is 4.74 Å². The number of aromatic nitrogens is 5. The van der Waals surface area contributed by atoms with Gasteiger partial charge in [0.15, 0.2) is 0 Å². The van der Waals surface area contributed by atoms with Crippen molar-refractivity contribution in [2.24, 2.45) is 0 Å². The Labute approximate surface area is 189 Å². The van der Waals surface area contributed by atoms with Gasteiger partial charge in [0, 0.05) is 42.8 Å². The third-order valence-corrected chi connectivity index (χ3v) is 5.59. The van der Waals surface area contributed by atoms with E-state index in [9.17, 15) is 18.0 Å². The first-order chi connectivity index (χ1) is 15.5. The monoisotopic (exact) mass is 464 g/mol. The van der Waals surface area contributed by atoms with Gasteiger partial charge in [0.2, 0.25) is 0 Å². The zero-order valence-corrected chi connectivity index (χ0v) is 19.0. The van der Waals surface area contributed by atoms with Crippen LogP contribution in [-0.4, -0.2) is 49.7 Å². The van der Waals surface area contributed by atoms with E-state index in [0.29, 0.717) is 25.4 Å². The predicted molar refractivity (Wildman–Crippen MR) is 117 cm³/mol. The maximum absolute atomic E-state index is 13.7. The molecule has 0 bridgehead atoms. The molecule has 3 aromatic heterocycles. The normalized spacial score (nSPS) is 17.2. The van der Waals surface area contributed by atoms with Crippen LogP contribution < -0.4 is 10.6 Å². The number of ether oxygens (including phenoxy) is 1. The van der Waals surface area contributed by atoms with Crippen molar-refractivity contribution in [2.45, 2.75) is 52.6 Å². The summed E-state index contributed by atoms with van der Waals surface area (Å²) in [5, 5.41) is 4.28. The number of imidazole rings is 1. The fourth-order valence-corrected chi connectivity index (χ4v) is 3.92. The number of hydrogen-bond donors (Lipinski definition) is 0. The topological polar surface area (TPSA) is 70.1 Å². The molecule has 1 aliphatic heterocycles. The highest BCUT2D eigenvalue weighted by Crippen LogP contribution is 2.33. The molecular weight excluding hydrogens is 437 g/mol. The highest BCUT2D eigenvalue weighted by atomic mass is 19.4. The summed E-state index contributed by atoms with van der Waals surface area (Å²) >= 11 is 0. The summed E-state index contributed by atoms with van der Waals surface area (Å²) in [6.07, 6.45) is 0.447. The zero-order chi connectivity index (χ0) is 23.9. The first kappa shape index (κ1) is 23.1. The molecular formula is C22H27F3N6O2. The highest BCUT2D eigenvalue weighted by molar-refractivity contribution is 5.48. The van der Waals surface area contributed by atoms with E-state index < -0.39 is 17.4 Å². The van der Waals surface area contributed by atoms with E-state index in [1.54, 1.807) is 28.9 Å². The summed E-state index contributed by atoms with van der Waals surface area (Å²) in [4.78, 5) is 19.4. The van der Waals surface area contributed by atoms with Gasteiger partial charge in [-0.05, 0) is 39.8 Å². The Balaban J connectivity index is 1.74. The lowest BCUT2D eigenvalue weighted by molar-refractivity contribution is -0.137. The maximum atomic E-state index is 13.7. The van der Waals surface area contributed by atoms with Crippen molar-refractivity contribution in [2.75, 3.05) is 24.6 Å². The average Bonchev–Trinajstić information content (AvgIpc) is 3.32. The number of hydrogen-bond acceptors (Lipinski definition) is 5. The minimum absolute atomic E-state index is 0.0573. The van der Waals surface area contributed by atoms with Gasteiger partial charge >= 0.3 is 11.9 Å². The molecule has 1 fully saturated rings. The molecule has 4 rings (SSSR count). The van der Waals surface area contributed by atoms with Gasteiger partial charge in [0.05, 0.1) is 31.0 Å². The molecule has 0 aliphatic carbocycles. The number of anilines is 1. The van der Waals surface area contributed by atoms with E-state index in [2.05, 4.69) is 10.1 Å². The summed E-state index contributed by atoms with van der Waals surface area (Å²) in [5.41, 5.74) is 0.00383. The smallest absolute Gasteiger partial charge is 0.375 e. The van der Waals surface area contributed by atoms with E-state index in [1.807, 2.05) is 27.0 Å². The minimum Gasteiger partial charge on any atom is -0.375 e. The Morgan fingerprint density at radius 3 is 2.58 bits per heavy atom. The van der Waals surface area contributed by atoms with E-state index in [0.717, 1.165) is 17.7 Å². The number of nitrogens with zero attached hydrogens (tertiary/aromatic N) is 6. The van der Waals surface area contributed by atoms with Crippen LogP contribution in [0, 0.1) is 6.92 Å². The number of pyridine rings is 1. The second-order valence-electron chi connectivity index (χ2n) is 8.64. The van der Waals surface area contributed by atoms with Crippen molar-refractivity contribution >= 4 is 5.82 Å². The van der Waals surface area contributed by atoms with Crippen LogP contribution >= 0.6 is 0 Å². The molecule has 33 heavy (non-hydrogen) atoms. The molecule has 0 saturated carbocycles. The van der Waals surface area contributed by atoms with Gasteiger partial charge in [-0.1, -0.05) is 0 Å². The number of rotatable bonds is 5. The Bertz CT molecular complexity index is 1190. The van der Waals surface area contributed by atoms with Crippen LogP contribution in [0.2, 0.25) is 0 Å². The second-order valence-corrected chi connectivity index (χ2v) is 8.64. The largest absolute Gasteiger partial charge is 0.416 e. The fraction of sp³-hybridized carbons (Fsp3) is 0.500. The molecule has 1 atom stereocenters. The van der Waals surface area contributed by atoms with E-state index in [-0.39, 0.29) is 30.3 Å². The lowest BCUT2D eigenvalue weighted by Gasteiger charge is -2.32. The fourth-order valence-electron chi connectivity index (χ4n) is 3.92. The molecule has 0 unspecified atom stereocenters. The summed E-state index contributed by atoms with van der Waals surface area (Å²) in [7, 11) is 0. The molecule has 0 N–H and O–H groups in total. The molecule has 0 amide bonds. The number of alkyl halides is 3. The van der Waals surface area contributed by atoms with Gasteiger partial charge in [-0.15, -0.1) is 0 Å². The van der Waals surface area contributed by atoms with Crippen molar-refractivity contribution in [1.29, 1.82) is 0 Å². The molecule has 0 aromatic carbocycles. The Morgan fingerprint density at radius 2 is 1.94 bits per heavy atom. The first-order valence-electron chi connectivity index (χ1n) is 10.8. The van der Waals surface area contributed by atoms with Crippen LogP contribution in [0.3, 0.4) is 0 Å². The molecule has 3 aromatic rings. The highest BCUT2D eigenvalue weighted by Gasteiger charge is 2.33. The number of morpholine rings is 1. The van der Waals surface area contributed by atoms with Gasteiger partial charge in [-0.2, -0.15) is 18.3 Å². The molecule has 0 radical (unpaired) electrons. The van der Waals surface area contributed by atoms with Crippen LogP contribution in [0.4, 0.5) is 19.0 Å². The quantitative estimate of drug-likeness (QED) is 0.579. The minimum atomic E-state index is -4.57. The van der Waals surface area contributed by atoms with Gasteiger partial charge in [0.25, 0.3) is 0 Å². The molecule has 178 valence electrons. The molecule has 1 saturated heterocycles. The molecule has 1 aliphatic rings. The van der Waals surface area contributed by atoms with Crippen molar-refractivity contribution < 1.29 is 17.9 Å². The SMILES string of the molecule is Cc1cn(Cc2cnn(C(C)C)c2)c(=O)n1-c1cc(C(F)(F)F)cc(N2CCO[C@H](C)C2)n1. The van der Waals surface area contributed by atoms with Crippen LogP contribution in [0.5, 0.6) is 0 Å². The standard InChI is InChI=1S/C22H27F3N6O2/c1-14(2)30-13-17(9-26-30)12-29-10-15(3)31(21(29)32)20-8-18(22(23,24)25)7-19(27-20)28-5-6-33-16(4)11-28/h7-10,13-14,16H,5-6,11-12H2,1-4H3/t16-/m1/s1. The Hall–Kier alpha value is -3.08. The second kappa shape index (κ2) is 8.69. The van der Waals surface area contributed by atoms with E-state index in [1.165, 1.54) is 9.13 Å². The summed E-state index contributed by atoms with van der Waals surface area (Å²) in [5.74, 6) is 0.116. The third-order valence-electron chi connectivity index (χ3n) is 5.59. The van der Waals surface area contributed by atoms with Crippen molar-refractivity contribution in [3.63, 3.8) is 0 Å². The predicted octanol–water partition coefficient (Wildman–Crippen LogP) is 3.41. The summed E-state index contributed by atoms with van der Waals surface area (Å²) < 4.78 is 51.0. The lowest BCUT2D eigenvalue weighted by atomic mass is 10.2. The zero-order valence-electron chi connectivity index (χ0n) is 19.0. The molecule has 11 heteroatoms. The maximum Gasteiger partial charge on any atom is 0.416 e. The molecule has 4 heterocycles. The van der Waals surface area contributed by atoms with Gasteiger partial charge in [-0.3, -0.25) is 9.25 Å². The van der Waals surface area contributed by atoms with Crippen molar-refractivity contribution in [3.8, 4) is 5.82 Å². The third kappa shape index (κ3) is 4.82. The summed E-state index contributed by atoms with van der Waals surface area (Å²) in [6.45, 7) is 9.02.